The van der Waals surface area contributed by atoms with E-state index >= 15 is 0 Å². The third kappa shape index (κ3) is 5.37. The molecule has 0 aliphatic heterocycles. The molecule has 178 valence electrons. The predicted octanol–water partition coefficient (Wildman–Crippen LogP) is 4.11. The minimum Gasteiger partial charge on any atom is -0.465 e. The second-order valence-electron chi connectivity index (χ2n) is 7.16. The Morgan fingerprint density at radius 1 is 1.18 bits per heavy atom. The molecule has 1 aromatic carbocycles. The van der Waals surface area contributed by atoms with Crippen LogP contribution in [0.2, 0.25) is 0 Å². The minimum atomic E-state index is -0.652. The van der Waals surface area contributed by atoms with Crippen molar-refractivity contribution in [3.63, 3.8) is 0 Å². The van der Waals surface area contributed by atoms with Gasteiger partial charge in [0.2, 0.25) is 5.91 Å². The molecule has 2 heterocycles. The Morgan fingerprint density at radius 2 is 1.91 bits per heavy atom. The number of aryl methyl sites for hydroxylation is 1. The zero-order chi connectivity index (χ0) is 24.8. The van der Waals surface area contributed by atoms with Gasteiger partial charge in [0.25, 0.3) is 0 Å². The molecule has 2 aromatic heterocycles. The Balaban J connectivity index is 1.80. The van der Waals surface area contributed by atoms with E-state index in [0.717, 1.165) is 22.5 Å². The first-order valence-corrected chi connectivity index (χ1v) is 11.9. The van der Waals surface area contributed by atoms with Gasteiger partial charge in [0.15, 0.2) is 11.0 Å². The number of hydrogen-bond acceptors (Lipinski definition) is 9. The van der Waals surface area contributed by atoms with Gasteiger partial charge in [-0.05, 0) is 25.5 Å². The molecule has 1 N–H and O–H groups in total. The van der Waals surface area contributed by atoms with E-state index in [0.29, 0.717) is 23.1 Å². The number of amides is 1. The van der Waals surface area contributed by atoms with Gasteiger partial charge in [-0.15, -0.1) is 28.1 Å². The van der Waals surface area contributed by atoms with Crippen LogP contribution in [0.3, 0.4) is 0 Å². The average Bonchev–Trinajstić information content (AvgIpc) is 3.37. The Hall–Kier alpha value is -3.44. The zero-order valence-corrected chi connectivity index (χ0v) is 20.8. The van der Waals surface area contributed by atoms with Crippen molar-refractivity contribution >= 4 is 45.9 Å². The number of benzene rings is 1. The summed E-state index contributed by atoms with van der Waals surface area (Å²) >= 11 is 2.17. The van der Waals surface area contributed by atoms with Crippen LogP contribution >= 0.6 is 23.1 Å². The van der Waals surface area contributed by atoms with Crippen LogP contribution in [0.15, 0.2) is 42.1 Å². The molecular formula is C23H24N4O5S2. The lowest BCUT2D eigenvalue weighted by Crippen LogP contribution is -2.16. The number of aromatic nitrogens is 3. The maximum atomic E-state index is 12.7. The van der Waals surface area contributed by atoms with Crippen molar-refractivity contribution in [3.8, 4) is 11.4 Å². The molecule has 0 aliphatic carbocycles. The van der Waals surface area contributed by atoms with Gasteiger partial charge < -0.3 is 14.8 Å². The summed E-state index contributed by atoms with van der Waals surface area (Å²) in [6.45, 7) is 7.87. The molecule has 0 atom stereocenters. The molecule has 0 saturated carbocycles. The number of carbonyl (C=O) groups excluding carboxylic acids is 3. The summed E-state index contributed by atoms with van der Waals surface area (Å²) in [5.74, 6) is -0.938. The van der Waals surface area contributed by atoms with Crippen molar-refractivity contribution in [3.05, 3.63) is 58.5 Å². The SMILES string of the molecule is C=CCn1c(SCC(=O)Nc2sc(C(=O)OC)c(C)c2C(=O)OC)nnc1-c1cccc(C)c1. The Morgan fingerprint density at radius 3 is 2.56 bits per heavy atom. The summed E-state index contributed by atoms with van der Waals surface area (Å²) in [7, 11) is 2.48. The highest BCUT2D eigenvalue weighted by atomic mass is 32.2. The number of methoxy groups -OCH3 is 2. The topological polar surface area (TPSA) is 112 Å². The number of carbonyl (C=O) groups is 3. The maximum Gasteiger partial charge on any atom is 0.348 e. The van der Waals surface area contributed by atoms with E-state index in [4.69, 9.17) is 9.47 Å². The molecule has 0 spiro atoms. The van der Waals surface area contributed by atoms with Crippen molar-refractivity contribution in [1.29, 1.82) is 0 Å². The summed E-state index contributed by atoms with van der Waals surface area (Å²) in [6.07, 6.45) is 1.73. The lowest BCUT2D eigenvalue weighted by molar-refractivity contribution is -0.113. The van der Waals surface area contributed by atoms with Crippen LogP contribution < -0.4 is 5.32 Å². The molecule has 0 bridgehead atoms. The molecule has 9 nitrogen and oxygen atoms in total. The summed E-state index contributed by atoms with van der Waals surface area (Å²) in [5.41, 5.74) is 2.53. The molecule has 0 aliphatic rings. The van der Waals surface area contributed by atoms with Crippen LogP contribution in [0.1, 0.15) is 31.2 Å². The number of nitrogens with one attached hydrogen (secondary N) is 1. The van der Waals surface area contributed by atoms with Crippen molar-refractivity contribution in [1.82, 2.24) is 14.8 Å². The number of hydrogen-bond donors (Lipinski definition) is 1. The fraction of sp³-hybridized carbons (Fsp3) is 0.261. The fourth-order valence-electron chi connectivity index (χ4n) is 3.22. The Bertz CT molecular complexity index is 1250. The van der Waals surface area contributed by atoms with Gasteiger partial charge in [-0.2, -0.15) is 0 Å². The lowest BCUT2D eigenvalue weighted by Gasteiger charge is -2.09. The maximum absolute atomic E-state index is 12.7. The summed E-state index contributed by atoms with van der Waals surface area (Å²) in [5, 5.41) is 12.0. The van der Waals surface area contributed by atoms with E-state index in [9.17, 15) is 14.4 Å². The van der Waals surface area contributed by atoms with Crippen LogP contribution in [0.25, 0.3) is 11.4 Å². The van der Waals surface area contributed by atoms with Crippen LogP contribution in [-0.2, 0) is 20.8 Å². The Labute approximate surface area is 205 Å². The largest absolute Gasteiger partial charge is 0.465 e. The molecule has 0 unspecified atom stereocenters. The van der Waals surface area contributed by atoms with Gasteiger partial charge in [0.05, 0.1) is 25.5 Å². The first kappa shape index (κ1) is 25.2. The van der Waals surface area contributed by atoms with Gasteiger partial charge in [0.1, 0.15) is 9.88 Å². The van der Waals surface area contributed by atoms with Crippen molar-refractivity contribution < 1.29 is 23.9 Å². The smallest absolute Gasteiger partial charge is 0.348 e. The fourth-order valence-corrected chi connectivity index (χ4v) is 5.09. The van der Waals surface area contributed by atoms with Crippen LogP contribution in [-0.4, -0.2) is 52.6 Å². The normalized spacial score (nSPS) is 10.6. The second-order valence-corrected chi connectivity index (χ2v) is 9.12. The average molecular weight is 501 g/mol. The van der Waals surface area contributed by atoms with Gasteiger partial charge in [-0.1, -0.05) is 41.6 Å². The molecule has 34 heavy (non-hydrogen) atoms. The second kappa shape index (κ2) is 11.1. The molecule has 0 fully saturated rings. The minimum absolute atomic E-state index is 0.00815. The highest BCUT2D eigenvalue weighted by Gasteiger charge is 2.27. The zero-order valence-electron chi connectivity index (χ0n) is 19.2. The molecule has 3 aromatic rings. The van der Waals surface area contributed by atoms with Crippen molar-refractivity contribution in [2.45, 2.75) is 25.5 Å². The summed E-state index contributed by atoms with van der Waals surface area (Å²) in [4.78, 5) is 37.3. The number of nitrogens with zero attached hydrogens (tertiary/aromatic N) is 3. The highest BCUT2D eigenvalue weighted by molar-refractivity contribution is 7.99. The third-order valence-corrected chi connectivity index (χ3v) is 6.95. The van der Waals surface area contributed by atoms with Gasteiger partial charge >= 0.3 is 11.9 Å². The number of esters is 2. The van der Waals surface area contributed by atoms with Crippen molar-refractivity contribution in [2.75, 3.05) is 25.3 Å². The first-order chi connectivity index (χ1) is 16.3. The number of thioether (sulfide) groups is 1. The molecule has 0 saturated heterocycles. The van der Waals surface area contributed by atoms with Crippen molar-refractivity contribution in [2.24, 2.45) is 0 Å². The molecule has 3 rings (SSSR count). The van der Waals surface area contributed by atoms with Crippen LogP contribution in [0, 0.1) is 13.8 Å². The van der Waals surface area contributed by atoms with Crippen LogP contribution in [0.5, 0.6) is 0 Å². The third-order valence-electron chi connectivity index (χ3n) is 4.80. The van der Waals surface area contributed by atoms with Gasteiger partial charge in [-0.25, -0.2) is 9.59 Å². The number of thiophene rings is 1. The van der Waals surface area contributed by atoms with E-state index < -0.39 is 11.9 Å². The summed E-state index contributed by atoms with van der Waals surface area (Å²) < 4.78 is 11.5. The molecule has 11 heteroatoms. The number of allylic oxidation sites excluding steroid dienone is 1. The quantitative estimate of drug-likeness (QED) is 0.265. The van der Waals surface area contributed by atoms with Gasteiger partial charge in [-0.3, -0.25) is 9.36 Å². The van der Waals surface area contributed by atoms with E-state index in [2.05, 4.69) is 22.1 Å². The predicted molar refractivity (Wildman–Crippen MR) is 131 cm³/mol. The van der Waals surface area contributed by atoms with E-state index in [-0.39, 0.29) is 27.1 Å². The Kier molecular flexibility index (Phi) is 8.24. The monoisotopic (exact) mass is 500 g/mol. The van der Waals surface area contributed by atoms with E-state index in [1.165, 1.54) is 26.0 Å². The summed E-state index contributed by atoms with van der Waals surface area (Å²) in [6, 6.07) is 7.90. The van der Waals surface area contributed by atoms with E-state index in [1.807, 2.05) is 35.8 Å². The number of anilines is 1. The number of rotatable bonds is 9. The molecule has 0 radical (unpaired) electrons. The standard InChI is InChI=1S/C23H24N4O5S2/c1-6-10-27-19(15-9-7-8-13(2)11-15)25-26-23(27)33-12-16(28)24-20-17(21(29)31-4)14(3)18(34-20)22(30)32-5/h6-9,11H,1,10,12H2,2-5H3,(H,24,28). The van der Waals surface area contributed by atoms with Gasteiger partial charge in [0, 0.05) is 12.1 Å². The molecular weight excluding hydrogens is 476 g/mol. The highest BCUT2D eigenvalue weighted by Crippen LogP contribution is 2.34. The molecule has 1 amide bonds. The number of ether oxygens (including phenoxy) is 2. The lowest BCUT2D eigenvalue weighted by atomic mass is 10.1. The van der Waals surface area contributed by atoms with E-state index in [1.54, 1.807) is 13.0 Å². The van der Waals surface area contributed by atoms with Crippen LogP contribution in [0.4, 0.5) is 5.00 Å². The first-order valence-electron chi connectivity index (χ1n) is 10.1.